The van der Waals surface area contributed by atoms with Crippen LogP contribution in [-0.4, -0.2) is 15.2 Å². The van der Waals surface area contributed by atoms with Gasteiger partial charge in [0.15, 0.2) is 5.82 Å². The van der Waals surface area contributed by atoms with Gasteiger partial charge in [-0.2, -0.15) is 10.1 Å². The second-order valence-electron chi connectivity index (χ2n) is 5.89. The molecule has 1 heterocycles. The van der Waals surface area contributed by atoms with Crippen molar-refractivity contribution in [2.45, 2.75) is 33.6 Å². The number of benzene rings is 2. The molecule has 0 radical (unpaired) electrons. The van der Waals surface area contributed by atoms with Crippen LogP contribution in [-0.2, 0) is 12.8 Å². The number of rotatable bonds is 6. The van der Waals surface area contributed by atoms with E-state index in [-0.39, 0.29) is 0 Å². The molecule has 0 atom stereocenters. The van der Waals surface area contributed by atoms with Crippen molar-refractivity contribution >= 4 is 23.1 Å². The van der Waals surface area contributed by atoms with Gasteiger partial charge in [0.05, 0.1) is 6.20 Å². The summed E-state index contributed by atoms with van der Waals surface area (Å²) in [5.41, 5.74) is 5.75. The summed E-state index contributed by atoms with van der Waals surface area (Å²) in [4.78, 5) is 4.56. The first kappa shape index (κ1) is 16.9. The van der Waals surface area contributed by atoms with Crippen LogP contribution < -0.4 is 10.6 Å². The molecule has 128 valence electrons. The Labute approximate surface area is 148 Å². The normalized spacial score (nSPS) is 10.5. The molecule has 3 aromatic rings. The summed E-state index contributed by atoms with van der Waals surface area (Å²) >= 11 is 0. The lowest BCUT2D eigenvalue weighted by molar-refractivity contribution is 0.976. The fraction of sp³-hybridized carbons (Fsp3) is 0.250. The Bertz CT molecular complexity index is 838. The SMILES string of the molecule is CCc1cccc(CC)c1Nc1nncc(Nc2ccccc2C)n1. The first-order chi connectivity index (χ1) is 12.2. The van der Waals surface area contributed by atoms with Crippen LogP contribution in [0.4, 0.5) is 23.1 Å². The maximum absolute atomic E-state index is 4.56. The predicted octanol–water partition coefficient (Wildman–Crippen LogP) is 4.79. The van der Waals surface area contributed by atoms with Crippen molar-refractivity contribution in [1.29, 1.82) is 0 Å². The summed E-state index contributed by atoms with van der Waals surface area (Å²) < 4.78 is 0. The van der Waals surface area contributed by atoms with E-state index in [1.54, 1.807) is 6.20 Å². The van der Waals surface area contributed by atoms with Gasteiger partial charge in [0.25, 0.3) is 0 Å². The first-order valence-electron chi connectivity index (χ1n) is 8.61. The maximum Gasteiger partial charge on any atom is 0.249 e. The lowest BCUT2D eigenvalue weighted by Crippen LogP contribution is -2.06. The van der Waals surface area contributed by atoms with Crippen LogP contribution >= 0.6 is 0 Å². The summed E-state index contributed by atoms with van der Waals surface area (Å²) in [5.74, 6) is 1.16. The standard InChI is InChI=1S/C20H23N5/c1-4-15-10-8-11-16(5-2)19(15)24-20-23-18(13-21-25-20)22-17-12-7-6-9-14(17)3/h6-13H,4-5H2,1-3H3,(H2,22,23,24,25). The molecule has 0 saturated heterocycles. The molecule has 5 heteroatoms. The minimum absolute atomic E-state index is 0.495. The van der Waals surface area contributed by atoms with Crippen LogP contribution in [0.15, 0.2) is 48.7 Å². The molecule has 0 aliphatic heterocycles. The zero-order valence-electron chi connectivity index (χ0n) is 14.9. The van der Waals surface area contributed by atoms with E-state index in [0.717, 1.165) is 29.8 Å². The lowest BCUT2D eigenvalue weighted by atomic mass is 10.0. The third-order valence-corrected chi connectivity index (χ3v) is 4.20. The molecular formula is C20H23N5. The third-order valence-electron chi connectivity index (χ3n) is 4.20. The van der Waals surface area contributed by atoms with Crippen molar-refractivity contribution < 1.29 is 0 Å². The molecule has 3 rings (SSSR count). The van der Waals surface area contributed by atoms with Gasteiger partial charge in [-0.05, 0) is 42.5 Å². The summed E-state index contributed by atoms with van der Waals surface area (Å²) in [6, 6.07) is 14.4. The molecule has 0 unspecified atom stereocenters. The van der Waals surface area contributed by atoms with Gasteiger partial charge in [0.1, 0.15) is 0 Å². The van der Waals surface area contributed by atoms with Crippen molar-refractivity contribution in [3.63, 3.8) is 0 Å². The molecule has 0 spiro atoms. The summed E-state index contributed by atoms with van der Waals surface area (Å²) in [6.07, 6.45) is 3.53. The zero-order valence-corrected chi connectivity index (χ0v) is 14.9. The highest BCUT2D eigenvalue weighted by atomic mass is 15.3. The smallest absolute Gasteiger partial charge is 0.249 e. The molecule has 0 aliphatic rings. The molecular weight excluding hydrogens is 310 g/mol. The van der Waals surface area contributed by atoms with E-state index in [9.17, 15) is 0 Å². The zero-order chi connectivity index (χ0) is 17.6. The van der Waals surface area contributed by atoms with E-state index >= 15 is 0 Å². The summed E-state index contributed by atoms with van der Waals surface area (Å²) in [6.45, 7) is 6.35. The molecule has 5 nitrogen and oxygen atoms in total. The molecule has 0 fully saturated rings. The lowest BCUT2D eigenvalue weighted by Gasteiger charge is -2.14. The fourth-order valence-electron chi connectivity index (χ4n) is 2.78. The van der Waals surface area contributed by atoms with E-state index < -0.39 is 0 Å². The van der Waals surface area contributed by atoms with Crippen molar-refractivity contribution in [1.82, 2.24) is 15.2 Å². The minimum Gasteiger partial charge on any atom is -0.339 e. The minimum atomic E-state index is 0.495. The Morgan fingerprint density at radius 2 is 1.60 bits per heavy atom. The van der Waals surface area contributed by atoms with Gasteiger partial charge in [0, 0.05) is 11.4 Å². The van der Waals surface area contributed by atoms with Crippen LogP contribution in [0.1, 0.15) is 30.5 Å². The largest absolute Gasteiger partial charge is 0.339 e. The number of para-hydroxylation sites is 2. The van der Waals surface area contributed by atoms with E-state index in [2.05, 4.69) is 70.9 Å². The van der Waals surface area contributed by atoms with Gasteiger partial charge < -0.3 is 10.6 Å². The van der Waals surface area contributed by atoms with E-state index in [1.165, 1.54) is 11.1 Å². The highest BCUT2D eigenvalue weighted by Gasteiger charge is 2.09. The quantitative estimate of drug-likeness (QED) is 0.679. The summed E-state index contributed by atoms with van der Waals surface area (Å²) in [7, 11) is 0. The molecule has 2 N–H and O–H groups in total. The number of hydrogen-bond acceptors (Lipinski definition) is 5. The second kappa shape index (κ2) is 7.75. The van der Waals surface area contributed by atoms with Crippen molar-refractivity contribution in [3.05, 3.63) is 65.4 Å². The average Bonchev–Trinajstić information content (AvgIpc) is 2.64. The Morgan fingerprint density at radius 3 is 2.28 bits per heavy atom. The van der Waals surface area contributed by atoms with Crippen LogP contribution in [0, 0.1) is 6.92 Å². The van der Waals surface area contributed by atoms with Crippen molar-refractivity contribution in [2.24, 2.45) is 0 Å². The van der Waals surface area contributed by atoms with Crippen LogP contribution in [0.3, 0.4) is 0 Å². The van der Waals surface area contributed by atoms with Gasteiger partial charge in [-0.25, -0.2) is 0 Å². The van der Waals surface area contributed by atoms with Gasteiger partial charge in [-0.3, -0.25) is 0 Å². The second-order valence-corrected chi connectivity index (χ2v) is 5.89. The third kappa shape index (κ3) is 3.94. The van der Waals surface area contributed by atoms with Crippen LogP contribution in [0.25, 0.3) is 0 Å². The average molecular weight is 333 g/mol. The number of nitrogens with zero attached hydrogens (tertiary/aromatic N) is 3. The van der Waals surface area contributed by atoms with E-state index in [0.29, 0.717) is 11.8 Å². The maximum atomic E-state index is 4.56. The van der Waals surface area contributed by atoms with Gasteiger partial charge >= 0.3 is 0 Å². The van der Waals surface area contributed by atoms with Crippen LogP contribution in [0.5, 0.6) is 0 Å². The molecule has 0 saturated carbocycles. The van der Waals surface area contributed by atoms with Gasteiger partial charge in [-0.1, -0.05) is 50.2 Å². The number of nitrogens with one attached hydrogen (secondary N) is 2. The number of anilines is 4. The fourth-order valence-corrected chi connectivity index (χ4v) is 2.78. The van der Waals surface area contributed by atoms with Crippen molar-refractivity contribution in [3.8, 4) is 0 Å². The van der Waals surface area contributed by atoms with E-state index in [4.69, 9.17) is 0 Å². The Morgan fingerprint density at radius 1 is 0.880 bits per heavy atom. The highest BCUT2D eigenvalue weighted by molar-refractivity contribution is 5.65. The molecule has 1 aromatic heterocycles. The first-order valence-corrected chi connectivity index (χ1v) is 8.61. The van der Waals surface area contributed by atoms with Crippen LogP contribution in [0.2, 0.25) is 0 Å². The Hall–Kier alpha value is -2.95. The molecule has 25 heavy (non-hydrogen) atoms. The molecule has 2 aromatic carbocycles. The monoisotopic (exact) mass is 333 g/mol. The van der Waals surface area contributed by atoms with Crippen molar-refractivity contribution in [2.75, 3.05) is 10.6 Å². The van der Waals surface area contributed by atoms with E-state index in [1.807, 2.05) is 18.2 Å². The highest BCUT2D eigenvalue weighted by Crippen LogP contribution is 2.25. The molecule has 0 aliphatic carbocycles. The van der Waals surface area contributed by atoms with Gasteiger partial charge in [-0.15, -0.1) is 5.10 Å². The Kier molecular flexibility index (Phi) is 5.23. The number of aromatic nitrogens is 3. The number of aryl methyl sites for hydroxylation is 3. The molecule has 0 bridgehead atoms. The molecule has 0 amide bonds. The Balaban J connectivity index is 1.87. The topological polar surface area (TPSA) is 62.7 Å². The predicted molar refractivity (Wildman–Crippen MR) is 103 cm³/mol. The summed E-state index contributed by atoms with van der Waals surface area (Å²) in [5, 5.41) is 14.9. The van der Waals surface area contributed by atoms with Gasteiger partial charge in [0.2, 0.25) is 5.95 Å². The number of hydrogen-bond donors (Lipinski definition) is 2.